The Morgan fingerprint density at radius 2 is 0.823 bits per heavy atom. The smallest absolute Gasteiger partial charge is 0.416 e. The molecule has 0 saturated carbocycles. The zero-order chi connectivity index (χ0) is 83.1. The third-order valence-corrected chi connectivity index (χ3v) is 17.1. The topological polar surface area (TPSA) is 207 Å². The Hall–Kier alpha value is -12.7. The Morgan fingerprint density at radius 1 is 0.487 bits per heavy atom. The molecule has 12 aromatic rings. The number of carbonyl (C=O) groups is 5. The van der Waals surface area contributed by atoms with Crippen LogP contribution in [0.1, 0.15) is 112 Å². The van der Waals surface area contributed by atoms with Gasteiger partial charge in [0, 0.05) is 116 Å². The molecule has 15 nitrogen and oxygen atoms in total. The standard InChI is InChI=1S/C23H19F3N2O2.C21H15F3N2O2.C18H14F3NO.C9H8BrF3.C9H7NO.C5H7NO2/c1-3-30-22(29)17(12-27)11-18-14-28(21-7-5-4-6-20(18)21)13-16-8-15(2)9-19(10-16)23(24,25)26;1-13-6-14(8-17(7-13)21(22,23)24)11-26-12-16(9-15(10-25)20(27)28)18-4-2-3-5-19(18)26;1-12-6-13(8-15(7-12)18(19,20)21)9-22-10-14(11-23)16-4-2-3-5-17(16)22;1-6-2-7(5-10)4-8(3-6)9(11,12)13;11-6-7-5-10-9-4-2-1-3-8(7)9;1-3-8-5(7)4-6-2/h4-11,14H,3,13H2,1-2H3;2-9,12H,11H2,1H3,(H,27,28);2-8,10-11H,9H2,1H3;2-4H,5H2,1H3;1-6,10H;3-4H2,1H3/b17-11+;15-9+;;;;. The van der Waals surface area contributed by atoms with Crippen LogP contribution < -0.4 is 0 Å². The predicted molar refractivity (Wildman–Crippen MR) is 409 cm³/mol. The normalized spacial score (nSPS) is 11.5. The molecule has 0 aliphatic rings. The number of nitrogens with one attached hydrogen (secondary N) is 1. The molecule has 113 heavy (non-hydrogen) atoms. The van der Waals surface area contributed by atoms with Crippen LogP contribution in [0, 0.1) is 56.9 Å². The number of fused-ring (bicyclic) bond motifs is 4. The average Bonchev–Trinajstić information content (AvgIpc) is 1.65. The van der Waals surface area contributed by atoms with Gasteiger partial charge in [0.1, 0.15) is 23.3 Å². The van der Waals surface area contributed by atoms with Crippen molar-refractivity contribution in [1.82, 2.24) is 18.7 Å². The van der Waals surface area contributed by atoms with E-state index in [0.717, 1.165) is 105 Å². The summed E-state index contributed by atoms with van der Waals surface area (Å²) in [5.41, 5.74) is 6.90. The van der Waals surface area contributed by atoms with E-state index in [9.17, 15) is 81.9 Å². The molecule has 0 amide bonds. The highest BCUT2D eigenvalue weighted by Gasteiger charge is 2.34. The number of benzene rings is 8. The summed E-state index contributed by atoms with van der Waals surface area (Å²) in [6, 6.07) is 48.8. The maximum Gasteiger partial charge on any atom is 0.416 e. The Labute approximate surface area is 648 Å². The highest BCUT2D eigenvalue weighted by atomic mass is 79.9. The number of hydrogen-bond donors (Lipinski definition) is 2. The van der Waals surface area contributed by atoms with Gasteiger partial charge in [-0.25, -0.2) is 21.0 Å². The quantitative estimate of drug-likeness (QED) is 0.0178. The highest BCUT2D eigenvalue weighted by molar-refractivity contribution is 9.08. The lowest BCUT2D eigenvalue weighted by Crippen LogP contribution is -2.07. The number of carbonyl (C=O) groups excluding carboxylic acids is 4. The molecule has 0 atom stereocenters. The van der Waals surface area contributed by atoms with Gasteiger partial charge in [0.2, 0.25) is 0 Å². The lowest BCUT2D eigenvalue weighted by molar-refractivity contribution is -0.141. The van der Waals surface area contributed by atoms with Gasteiger partial charge in [-0.15, -0.1) is 0 Å². The molecule has 12 rings (SSSR count). The minimum Gasteiger partial charge on any atom is -0.477 e. The van der Waals surface area contributed by atoms with Crippen molar-refractivity contribution in [2.45, 2.75) is 91.2 Å². The number of rotatable bonds is 16. The molecule has 28 heteroatoms. The summed E-state index contributed by atoms with van der Waals surface area (Å²) in [7, 11) is 0. The van der Waals surface area contributed by atoms with E-state index in [2.05, 4.69) is 30.5 Å². The van der Waals surface area contributed by atoms with Crippen molar-refractivity contribution in [3.63, 3.8) is 0 Å². The molecule has 0 fully saturated rings. The summed E-state index contributed by atoms with van der Waals surface area (Å²) in [4.78, 5) is 60.8. The van der Waals surface area contributed by atoms with Gasteiger partial charge in [-0.3, -0.25) is 9.59 Å². The second-order valence-electron chi connectivity index (χ2n) is 25.2. The van der Waals surface area contributed by atoms with Crippen LogP contribution in [0.2, 0.25) is 0 Å². The molecule has 0 aliphatic heterocycles. The number of nitrogens with zero attached hydrogens (tertiary/aromatic N) is 6. The first-order chi connectivity index (χ1) is 53.4. The Bertz CT molecular complexity index is 5620. The van der Waals surface area contributed by atoms with Crippen LogP contribution in [-0.4, -0.2) is 74.0 Å². The average molecular weight is 1630 g/mol. The van der Waals surface area contributed by atoms with Crippen molar-refractivity contribution >= 4 is 102 Å². The summed E-state index contributed by atoms with van der Waals surface area (Å²) >= 11 is 3.13. The zero-order valence-electron chi connectivity index (χ0n) is 61.1. The van der Waals surface area contributed by atoms with E-state index < -0.39 is 70.4 Å². The Balaban J connectivity index is 0.000000198. The molecule has 4 heterocycles. The number of aryl methyl sites for hydroxylation is 4. The summed E-state index contributed by atoms with van der Waals surface area (Å²) in [6.07, 6.45) is -6.40. The van der Waals surface area contributed by atoms with E-state index in [4.69, 9.17) is 21.7 Å². The first-order valence-electron chi connectivity index (χ1n) is 34.1. The number of H-pyrrole nitrogens is 1. The molecule has 0 unspecified atom stereocenters. The largest absolute Gasteiger partial charge is 0.477 e. The first kappa shape index (κ1) is 87.5. The van der Waals surface area contributed by atoms with E-state index in [1.54, 1.807) is 135 Å². The van der Waals surface area contributed by atoms with Gasteiger partial charge in [-0.05, 0) is 149 Å². The minimum atomic E-state index is -4.43. The molecule has 8 aromatic carbocycles. The maximum absolute atomic E-state index is 13.2. The second-order valence-corrected chi connectivity index (χ2v) is 25.7. The molecule has 0 saturated heterocycles. The molecule has 0 aliphatic carbocycles. The number of para-hydroxylation sites is 4. The maximum atomic E-state index is 13.2. The molecule has 0 radical (unpaired) electrons. The van der Waals surface area contributed by atoms with E-state index in [1.807, 2.05) is 78.9 Å². The highest BCUT2D eigenvalue weighted by Crippen LogP contribution is 2.36. The lowest BCUT2D eigenvalue weighted by atomic mass is 10.1. The SMILES string of the molecule is CCOC(=O)/C(C#N)=C/c1cn(Cc2cc(C)cc(C(F)(F)F)c2)c2ccccc12.Cc1cc(CBr)cc(C(F)(F)F)c1.Cc1cc(Cn2cc(/C=C(\C#N)C(=O)O)c3ccccc32)cc(C(F)(F)F)c1.Cc1cc(Cn2cc(C=O)c3ccccc32)cc(C(F)(F)F)c1.O=Cc1c[nH]c2ccccc12.[C-]#[N+]CC(=O)OCC. The van der Waals surface area contributed by atoms with Gasteiger partial charge in [-0.1, -0.05) is 135 Å². The van der Waals surface area contributed by atoms with Gasteiger partial charge in [0.25, 0.3) is 0 Å². The number of alkyl halides is 13. The fourth-order valence-electron chi connectivity index (χ4n) is 11.8. The number of halogens is 13. The van der Waals surface area contributed by atoms with Gasteiger partial charge < -0.3 is 38.1 Å². The summed E-state index contributed by atoms with van der Waals surface area (Å²) in [6.45, 7) is 17.1. The van der Waals surface area contributed by atoms with E-state index >= 15 is 0 Å². The number of hydrogen-bond acceptors (Lipinski definition) is 9. The van der Waals surface area contributed by atoms with Gasteiger partial charge >= 0.3 is 49.2 Å². The van der Waals surface area contributed by atoms with Gasteiger partial charge in [-0.2, -0.15) is 63.2 Å². The summed E-state index contributed by atoms with van der Waals surface area (Å²) < 4.78 is 169. The molecular formula is C85H70BrF12N7O8. The number of aromatic amines is 1. The predicted octanol–water partition coefficient (Wildman–Crippen LogP) is 21.7. The fourth-order valence-corrected chi connectivity index (χ4v) is 12.2. The number of carboxylic acids is 1. The van der Waals surface area contributed by atoms with Crippen LogP contribution in [0.4, 0.5) is 52.7 Å². The number of carboxylic acid groups (broad SMARTS) is 1. The number of aliphatic carboxylic acids is 1. The number of aromatic nitrogens is 4. The molecule has 584 valence electrons. The first-order valence-corrected chi connectivity index (χ1v) is 35.2. The van der Waals surface area contributed by atoms with Crippen LogP contribution in [0.15, 0.2) is 206 Å². The lowest BCUT2D eigenvalue weighted by Gasteiger charge is -2.12. The van der Waals surface area contributed by atoms with Crippen molar-refractivity contribution in [2.75, 3.05) is 19.8 Å². The van der Waals surface area contributed by atoms with Crippen LogP contribution in [-0.2, 0) is 73.5 Å². The third kappa shape index (κ3) is 24.6. The molecular weight excluding hydrogens is 1550 g/mol. The van der Waals surface area contributed by atoms with E-state index in [1.165, 1.54) is 12.2 Å². The molecule has 2 N–H and O–H groups in total. The van der Waals surface area contributed by atoms with Crippen molar-refractivity contribution < 1.29 is 91.2 Å². The minimum absolute atomic E-state index is 0.144. The summed E-state index contributed by atoms with van der Waals surface area (Å²) in [5, 5.41) is 31.1. The number of nitriles is 2. The zero-order valence-corrected chi connectivity index (χ0v) is 62.7. The van der Waals surface area contributed by atoms with Crippen LogP contribution in [0.25, 0.3) is 60.6 Å². The van der Waals surface area contributed by atoms with E-state index in [0.29, 0.717) is 78.5 Å². The van der Waals surface area contributed by atoms with Crippen LogP contribution in [0.5, 0.6) is 0 Å². The van der Waals surface area contributed by atoms with Gasteiger partial charge in [0.15, 0.2) is 12.6 Å². The molecule has 0 spiro atoms. The van der Waals surface area contributed by atoms with Crippen molar-refractivity contribution in [2.24, 2.45) is 0 Å². The fraction of sp³-hybridized carbons (Fsp3) is 0.200. The van der Waals surface area contributed by atoms with Crippen molar-refractivity contribution in [3.8, 4) is 12.1 Å². The molecule has 4 aromatic heterocycles. The summed E-state index contributed by atoms with van der Waals surface area (Å²) in [5.74, 6) is -2.50. The van der Waals surface area contributed by atoms with Crippen molar-refractivity contribution in [1.29, 1.82) is 10.5 Å². The Morgan fingerprint density at radius 3 is 1.17 bits per heavy atom. The number of ether oxygens (including phenoxy) is 2. The number of aldehydes is 2. The monoisotopic (exact) mass is 1620 g/mol. The van der Waals surface area contributed by atoms with Gasteiger partial charge in [0.05, 0.1) is 35.5 Å². The van der Waals surface area contributed by atoms with E-state index in [-0.39, 0.29) is 38.4 Å². The second kappa shape index (κ2) is 39.2. The van der Waals surface area contributed by atoms with Crippen LogP contribution >= 0.6 is 15.9 Å². The molecule has 0 bridgehead atoms. The third-order valence-electron chi connectivity index (χ3n) is 16.5. The van der Waals surface area contributed by atoms with Crippen molar-refractivity contribution in [3.05, 3.63) is 306 Å². The van der Waals surface area contributed by atoms with Crippen LogP contribution in [0.3, 0.4) is 0 Å². The number of esters is 2. The Kier molecular flexibility index (Phi) is 30.4.